The largest absolute Gasteiger partial charge is 0.330 e. The first kappa shape index (κ1) is 10.5. The molecule has 0 aliphatic heterocycles. The third-order valence-corrected chi connectivity index (χ3v) is 3.03. The Labute approximate surface area is 93.8 Å². The molecular weight excluding hydrogens is 210 g/mol. The highest BCUT2D eigenvalue weighted by Crippen LogP contribution is 2.26. The maximum Gasteiger partial charge on any atom is 0.158 e. The van der Waals surface area contributed by atoms with E-state index in [0.717, 1.165) is 10.9 Å². The predicted molar refractivity (Wildman–Crippen MR) is 63.2 cm³/mol. The van der Waals surface area contributed by atoms with E-state index in [-0.39, 0.29) is 0 Å². The first-order chi connectivity index (χ1) is 7.13. The minimum absolute atomic E-state index is 0.352. The summed E-state index contributed by atoms with van der Waals surface area (Å²) < 4.78 is 1.79. The molecule has 80 valence electrons. The van der Waals surface area contributed by atoms with Crippen molar-refractivity contribution in [3.63, 3.8) is 0 Å². The van der Waals surface area contributed by atoms with Crippen molar-refractivity contribution in [2.45, 2.75) is 12.8 Å². The number of nitrogens with zero attached hydrogens (tertiary/aromatic N) is 2. The van der Waals surface area contributed by atoms with Gasteiger partial charge in [-0.15, -0.1) is 0 Å². The number of halogens is 1. The number of benzene rings is 1. The van der Waals surface area contributed by atoms with E-state index in [1.807, 2.05) is 13.1 Å². The number of hydrogen-bond acceptors (Lipinski definition) is 2. The van der Waals surface area contributed by atoms with Crippen LogP contribution in [0, 0.1) is 0 Å². The lowest BCUT2D eigenvalue weighted by molar-refractivity contribution is 0.774. The quantitative estimate of drug-likeness (QED) is 0.849. The van der Waals surface area contributed by atoms with Gasteiger partial charge in [-0.05, 0) is 30.2 Å². The summed E-state index contributed by atoms with van der Waals surface area (Å²) in [6.07, 6.45) is 0. The Kier molecular flexibility index (Phi) is 2.67. The van der Waals surface area contributed by atoms with Crippen molar-refractivity contribution < 1.29 is 0 Å². The summed E-state index contributed by atoms with van der Waals surface area (Å²) in [6.45, 7) is 2.74. The molecule has 0 radical (unpaired) electrons. The second-order valence-electron chi connectivity index (χ2n) is 3.83. The van der Waals surface area contributed by atoms with Gasteiger partial charge >= 0.3 is 0 Å². The molecule has 0 saturated carbocycles. The Hall–Kier alpha value is -1.06. The van der Waals surface area contributed by atoms with Crippen LogP contribution in [0.25, 0.3) is 10.9 Å². The van der Waals surface area contributed by atoms with Crippen LogP contribution >= 0.6 is 11.6 Å². The molecule has 1 aromatic heterocycles. The van der Waals surface area contributed by atoms with Gasteiger partial charge in [0.2, 0.25) is 0 Å². The lowest BCUT2D eigenvalue weighted by Crippen LogP contribution is -2.08. The van der Waals surface area contributed by atoms with E-state index in [9.17, 15) is 0 Å². The molecule has 0 aliphatic rings. The Bertz CT molecular complexity index is 490. The Balaban J connectivity index is 2.60. The fourth-order valence-corrected chi connectivity index (χ4v) is 1.95. The smallest absolute Gasteiger partial charge is 0.158 e. The highest BCUT2D eigenvalue weighted by molar-refractivity contribution is 6.34. The lowest BCUT2D eigenvalue weighted by atomic mass is 10.0. The van der Waals surface area contributed by atoms with Crippen LogP contribution in [-0.4, -0.2) is 16.3 Å². The number of aromatic nitrogens is 2. The first-order valence-electron chi connectivity index (χ1n) is 4.95. The van der Waals surface area contributed by atoms with Crippen molar-refractivity contribution in [2.75, 3.05) is 6.54 Å². The van der Waals surface area contributed by atoms with E-state index in [1.54, 1.807) is 4.68 Å². The van der Waals surface area contributed by atoms with Gasteiger partial charge in [-0.3, -0.25) is 4.68 Å². The Morgan fingerprint density at radius 1 is 1.53 bits per heavy atom. The monoisotopic (exact) mass is 223 g/mol. The molecule has 15 heavy (non-hydrogen) atoms. The van der Waals surface area contributed by atoms with E-state index in [0.29, 0.717) is 17.6 Å². The summed E-state index contributed by atoms with van der Waals surface area (Å²) in [5.41, 5.74) is 7.89. The molecule has 1 atom stereocenters. The van der Waals surface area contributed by atoms with Gasteiger partial charge in [0.05, 0.1) is 5.52 Å². The van der Waals surface area contributed by atoms with E-state index < -0.39 is 0 Å². The minimum Gasteiger partial charge on any atom is -0.330 e. The molecule has 0 fully saturated rings. The molecule has 1 heterocycles. The van der Waals surface area contributed by atoms with E-state index in [2.05, 4.69) is 24.2 Å². The highest BCUT2D eigenvalue weighted by Gasteiger charge is 2.09. The van der Waals surface area contributed by atoms with Crippen molar-refractivity contribution in [3.05, 3.63) is 28.9 Å². The van der Waals surface area contributed by atoms with Crippen molar-refractivity contribution in [1.82, 2.24) is 9.78 Å². The van der Waals surface area contributed by atoms with Crippen molar-refractivity contribution in [1.29, 1.82) is 0 Å². The standard InChI is InChI=1S/C11H14ClN3/c1-7(6-13)8-3-4-10-9(5-8)11(12)14-15(10)2/h3-5,7H,6,13H2,1-2H3. The zero-order chi connectivity index (χ0) is 11.0. The molecule has 0 saturated heterocycles. The van der Waals surface area contributed by atoms with Crippen LogP contribution < -0.4 is 5.73 Å². The third-order valence-electron chi connectivity index (χ3n) is 2.75. The number of fused-ring (bicyclic) bond motifs is 1. The van der Waals surface area contributed by atoms with Gasteiger partial charge in [-0.25, -0.2) is 0 Å². The second kappa shape index (κ2) is 3.83. The van der Waals surface area contributed by atoms with Crippen LogP contribution in [0.4, 0.5) is 0 Å². The van der Waals surface area contributed by atoms with Gasteiger partial charge in [-0.2, -0.15) is 5.10 Å². The summed E-state index contributed by atoms with van der Waals surface area (Å²) >= 11 is 6.03. The van der Waals surface area contributed by atoms with Crippen molar-refractivity contribution in [2.24, 2.45) is 12.8 Å². The fraction of sp³-hybridized carbons (Fsp3) is 0.364. The lowest BCUT2D eigenvalue weighted by Gasteiger charge is -2.08. The van der Waals surface area contributed by atoms with E-state index in [4.69, 9.17) is 17.3 Å². The van der Waals surface area contributed by atoms with Crippen LogP contribution in [0.2, 0.25) is 5.15 Å². The minimum atomic E-state index is 0.352. The molecule has 0 amide bonds. The molecule has 3 nitrogen and oxygen atoms in total. The van der Waals surface area contributed by atoms with Gasteiger partial charge in [0, 0.05) is 12.4 Å². The van der Waals surface area contributed by atoms with Crippen LogP contribution in [0.15, 0.2) is 18.2 Å². The molecule has 1 unspecified atom stereocenters. The van der Waals surface area contributed by atoms with Crippen LogP contribution in [0.5, 0.6) is 0 Å². The molecule has 2 N–H and O–H groups in total. The zero-order valence-corrected chi connectivity index (χ0v) is 9.62. The molecule has 1 aromatic carbocycles. The van der Waals surface area contributed by atoms with E-state index >= 15 is 0 Å². The molecule has 2 aromatic rings. The Morgan fingerprint density at radius 2 is 2.27 bits per heavy atom. The normalized spacial score (nSPS) is 13.3. The molecule has 2 rings (SSSR count). The van der Waals surface area contributed by atoms with Gasteiger partial charge in [0.25, 0.3) is 0 Å². The molecular formula is C11H14ClN3. The van der Waals surface area contributed by atoms with Crippen molar-refractivity contribution in [3.8, 4) is 0 Å². The van der Waals surface area contributed by atoms with Gasteiger partial charge in [-0.1, -0.05) is 24.6 Å². The molecule has 0 spiro atoms. The van der Waals surface area contributed by atoms with Crippen LogP contribution in [0.3, 0.4) is 0 Å². The summed E-state index contributed by atoms with van der Waals surface area (Å²) in [5.74, 6) is 0.352. The number of hydrogen-bond donors (Lipinski definition) is 1. The van der Waals surface area contributed by atoms with Crippen molar-refractivity contribution >= 4 is 22.5 Å². The number of rotatable bonds is 2. The Morgan fingerprint density at radius 3 is 2.93 bits per heavy atom. The van der Waals surface area contributed by atoms with Gasteiger partial charge in [0.1, 0.15) is 0 Å². The van der Waals surface area contributed by atoms with Gasteiger partial charge in [0.15, 0.2) is 5.15 Å². The topological polar surface area (TPSA) is 43.8 Å². The summed E-state index contributed by atoms with van der Waals surface area (Å²) in [6, 6.07) is 6.19. The summed E-state index contributed by atoms with van der Waals surface area (Å²) in [4.78, 5) is 0. The first-order valence-corrected chi connectivity index (χ1v) is 5.33. The van der Waals surface area contributed by atoms with Crippen LogP contribution in [0.1, 0.15) is 18.4 Å². The number of nitrogens with two attached hydrogens (primary N) is 1. The maximum atomic E-state index is 6.03. The van der Waals surface area contributed by atoms with E-state index in [1.165, 1.54) is 5.56 Å². The van der Waals surface area contributed by atoms with Gasteiger partial charge < -0.3 is 5.73 Å². The number of aryl methyl sites for hydroxylation is 1. The second-order valence-corrected chi connectivity index (χ2v) is 4.19. The summed E-state index contributed by atoms with van der Waals surface area (Å²) in [5, 5.41) is 5.72. The molecule has 4 heteroatoms. The maximum absolute atomic E-state index is 6.03. The molecule has 0 aliphatic carbocycles. The van der Waals surface area contributed by atoms with Crippen LogP contribution in [-0.2, 0) is 7.05 Å². The zero-order valence-electron chi connectivity index (χ0n) is 8.87. The summed E-state index contributed by atoms with van der Waals surface area (Å²) in [7, 11) is 1.89. The average molecular weight is 224 g/mol. The third kappa shape index (κ3) is 1.73. The highest BCUT2D eigenvalue weighted by atomic mass is 35.5. The average Bonchev–Trinajstić information content (AvgIpc) is 2.53. The SMILES string of the molecule is CC(CN)c1ccc2c(c1)c(Cl)nn2C. The molecule has 0 bridgehead atoms. The predicted octanol–water partition coefficient (Wildman–Crippen LogP) is 2.29. The fourth-order valence-electron chi connectivity index (χ4n) is 1.68.